The summed E-state index contributed by atoms with van der Waals surface area (Å²) in [5.74, 6) is -0.430. The van der Waals surface area contributed by atoms with Gasteiger partial charge in [-0.2, -0.15) is 4.31 Å². The molecule has 3 rings (SSSR count). The van der Waals surface area contributed by atoms with Gasteiger partial charge in [0, 0.05) is 21.1 Å². The van der Waals surface area contributed by atoms with Crippen LogP contribution in [0.2, 0.25) is 10.0 Å². The van der Waals surface area contributed by atoms with Gasteiger partial charge in [-0.25, -0.2) is 8.42 Å². The summed E-state index contributed by atoms with van der Waals surface area (Å²) in [5, 5.41) is 3.88. The van der Waals surface area contributed by atoms with Crippen molar-refractivity contribution in [3.05, 3.63) is 98.4 Å². The standard InChI is InChI=1S/C23H21BrCl2N2O3S/c1-16(17-6-10-20(25)11-7-17)27-23(29)15-28(14-18-4-2-3-5-22(18)26)32(30,31)21-12-8-19(24)9-13-21/h2-13,16H,14-15H2,1H3,(H,27,29)/t16-/m1/s1. The first-order valence-electron chi connectivity index (χ1n) is 9.71. The fourth-order valence-corrected chi connectivity index (χ4v) is 5.04. The molecule has 9 heteroatoms. The third-order valence-electron chi connectivity index (χ3n) is 4.82. The quantitative estimate of drug-likeness (QED) is 0.380. The van der Waals surface area contributed by atoms with Crippen LogP contribution in [0.5, 0.6) is 0 Å². The zero-order valence-electron chi connectivity index (χ0n) is 17.1. The summed E-state index contributed by atoms with van der Waals surface area (Å²) in [6.07, 6.45) is 0. The molecule has 0 aromatic heterocycles. The van der Waals surface area contributed by atoms with Gasteiger partial charge in [0.15, 0.2) is 0 Å². The smallest absolute Gasteiger partial charge is 0.243 e. The Bertz CT molecular complexity index is 1190. The van der Waals surface area contributed by atoms with E-state index in [1.54, 1.807) is 48.5 Å². The SMILES string of the molecule is C[C@@H](NC(=O)CN(Cc1ccccc1Cl)S(=O)(=O)c1ccc(Br)cc1)c1ccc(Cl)cc1. The third kappa shape index (κ3) is 6.33. The maximum absolute atomic E-state index is 13.4. The topological polar surface area (TPSA) is 66.5 Å². The van der Waals surface area contributed by atoms with E-state index in [1.807, 2.05) is 19.1 Å². The molecule has 32 heavy (non-hydrogen) atoms. The van der Waals surface area contributed by atoms with Crippen molar-refractivity contribution < 1.29 is 13.2 Å². The van der Waals surface area contributed by atoms with E-state index in [2.05, 4.69) is 21.2 Å². The molecule has 5 nitrogen and oxygen atoms in total. The highest BCUT2D eigenvalue weighted by atomic mass is 79.9. The molecule has 1 N–H and O–H groups in total. The molecular weight excluding hydrogens is 535 g/mol. The van der Waals surface area contributed by atoms with Crippen molar-refractivity contribution in [3.63, 3.8) is 0 Å². The number of amides is 1. The van der Waals surface area contributed by atoms with Crippen molar-refractivity contribution in [2.24, 2.45) is 0 Å². The van der Waals surface area contributed by atoms with Crippen LogP contribution in [0.15, 0.2) is 82.2 Å². The maximum Gasteiger partial charge on any atom is 0.243 e. The number of halogens is 3. The molecule has 3 aromatic carbocycles. The van der Waals surface area contributed by atoms with Gasteiger partial charge >= 0.3 is 0 Å². The van der Waals surface area contributed by atoms with Crippen LogP contribution in [0.25, 0.3) is 0 Å². The highest BCUT2D eigenvalue weighted by Crippen LogP contribution is 2.24. The minimum Gasteiger partial charge on any atom is -0.348 e. The molecule has 0 radical (unpaired) electrons. The second-order valence-electron chi connectivity index (χ2n) is 7.16. The predicted molar refractivity (Wildman–Crippen MR) is 131 cm³/mol. The van der Waals surface area contributed by atoms with Crippen LogP contribution in [0.4, 0.5) is 0 Å². The molecule has 0 saturated carbocycles. The molecule has 3 aromatic rings. The zero-order valence-corrected chi connectivity index (χ0v) is 21.0. The molecule has 1 atom stereocenters. The lowest BCUT2D eigenvalue weighted by atomic mass is 10.1. The maximum atomic E-state index is 13.4. The van der Waals surface area contributed by atoms with E-state index in [0.717, 1.165) is 14.3 Å². The summed E-state index contributed by atoms with van der Waals surface area (Å²) in [7, 11) is -3.96. The lowest BCUT2D eigenvalue weighted by Gasteiger charge is -2.24. The largest absolute Gasteiger partial charge is 0.348 e. The van der Waals surface area contributed by atoms with Crippen molar-refractivity contribution in [2.75, 3.05) is 6.54 Å². The minimum absolute atomic E-state index is 0.0409. The summed E-state index contributed by atoms with van der Waals surface area (Å²) in [6.45, 7) is 1.42. The number of sulfonamides is 1. The van der Waals surface area contributed by atoms with E-state index in [1.165, 1.54) is 12.1 Å². The molecule has 0 fully saturated rings. The summed E-state index contributed by atoms with van der Waals surface area (Å²) in [6, 6.07) is 20.0. The van der Waals surface area contributed by atoms with Crippen molar-refractivity contribution in [3.8, 4) is 0 Å². The number of nitrogens with one attached hydrogen (secondary N) is 1. The van der Waals surface area contributed by atoms with Crippen LogP contribution in [0.1, 0.15) is 24.1 Å². The van der Waals surface area contributed by atoms with E-state index in [9.17, 15) is 13.2 Å². The number of hydrogen-bond acceptors (Lipinski definition) is 3. The van der Waals surface area contributed by atoms with Gasteiger partial charge in [-0.15, -0.1) is 0 Å². The fourth-order valence-electron chi connectivity index (χ4n) is 3.08. The Morgan fingerprint density at radius 2 is 1.62 bits per heavy atom. The van der Waals surface area contributed by atoms with Gasteiger partial charge in [-0.1, -0.05) is 69.5 Å². The van der Waals surface area contributed by atoms with E-state index in [-0.39, 0.29) is 24.0 Å². The van der Waals surface area contributed by atoms with Gasteiger partial charge in [0.2, 0.25) is 15.9 Å². The Balaban J connectivity index is 1.84. The van der Waals surface area contributed by atoms with E-state index < -0.39 is 15.9 Å². The molecule has 168 valence electrons. The summed E-state index contributed by atoms with van der Waals surface area (Å²) in [5.41, 5.74) is 1.46. The summed E-state index contributed by atoms with van der Waals surface area (Å²) in [4.78, 5) is 12.9. The van der Waals surface area contributed by atoms with Crippen LogP contribution < -0.4 is 5.32 Å². The van der Waals surface area contributed by atoms with E-state index in [4.69, 9.17) is 23.2 Å². The van der Waals surface area contributed by atoms with Crippen LogP contribution >= 0.6 is 39.1 Å². The number of benzene rings is 3. The van der Waals surface area contributed by atoms with Crippen LogP contribution in [-0.4, -0.2) is 25.2 Å². The number of carbonyl (C=O) groups is 1. The molecule has 0 heterocycles. The van der Waals surface area contributed by atoms with E-state index in [0.29, 0.717) is 15.6 Å². The minimum atomic E-state index is -3.96. The van der Waals surface area contributed by atoms with Gasteiger partial charge in [0.05, 0.1) is 17.5 Å². The Morgan fingerprint density at radius 3 is 2.25 bits per heavy atom. The van der Waals surface area contributed by atoms with Gasteiger partial charge in [0.25, 0.3) is 0 Å². The second kappa shape index (κ2) is 10.8. The first-order valence-corrected chi connectivity index (χ1v) is 12.7. The monoisotopic (exact) mass is 554 g/mol. The molecular formula is C23H21BrCl2N2O3S. The normalized spacial score (nSPS) is 12.5. The highest BCUT2D eigenvalue weighted by molar-refractivity contribution is 9.10. The Labute approximate surface area is 206 Å². The fraction of sp³-hybridized carbons (Fsp3) is 0.174. The summed E-state index contributed by atoms with van der Waals surface area (Å²) >= 11 is 15.5. The molecule has 0 bridgehead atoms. The summed E-state index contributed by atoms with van der Waals surface area (Å²) < 4.78 is 28.6. The van der Waals surface area contributed by atoms with Crippen molar-refractivity contribution in [1.29, 1.82) is 0 Å². The van der Waals surface area contributed by atoms with E-state index >= 15 is 0 Å². The Kier molecular flexibility index (Phi) is 8.36. The first-order chi connectivity index (χ1) is 15.2. The number of nitrogens with zero attached hydrogens (tertiary/aromatic N) is 1. The molecule has 0 saturated heterocycles. The molecule has 1 amide bonds. The molecule has 0 spiro atoms. The van der Waals surface area contributed by atoms with Crippen molar-refractivity contribution in [1.82, 2.24) is 9.62 Å². The first kappa shape index (κ1) is 24.7. The zero-order chi connectivity index (χ0) is 23.3. The predicted octanol–water partition coefficient (Wildman–Crippen LogP) is 5.82. The Hall–Kier alpha value is -1.90. The molecule has 0 aliphatic heterocycles. The highest BCUT2D eigenvalue weighted by Gasteiger charge is 2.28. The molecule has 0 aliphatic carbocycles. The third-order valence-corrected chi connectivity index (χ3v) is 7.78. The molecule has 0 unspecified atom stereocenters. The van der Waals surface area contributed by atoms with Crippen LogP contribution in [0.3, 0.4) is 0 Å². The van der Waals surface area contributed by atoms with Crippen molar-refractivity contribution in [2.45, 2.75) is 24.4 Å². The van der Waals surface area contributed by atoms with Gasteiger partial charge in [-0.3, -0.25) is 4.79 Å². The lowest BCUT2D eigenvalue weighted by Crippen LogP contribution is -2.41. The average molecular weight is 556 g/mol. The lowest BCUT2D eigenvalue weighted by molar-refractivity contribution is -0.122. The number of hydrogen-bond donors (Lipinski definition) is 1. The van der Waals surface area contributed by atoms with Gasteiger partial charge < -0.3 is 5.32 Å². The van der Waals surface area contributed by atoms with Crippen molar-refractivity contribution >= 4 is 55.1 Å². The van der Waals surface area contributed by atoms with Gasteiger partial charge in [-0.05, 0) is 60.5 Å². The number of carbonyl (C=O) groups excluding carboxylic acids is 1. The number of rotatable bonds is 8. The molecule has 0 aliphatic rings. The van der Waals surface area contributed by atoms with Crippen LogP contribution in [-0.2, 0) is 21.4 Å². The van der Waals surface area contributed by atoms with Gasteiger partial charge in [0.1, 0.15) is 0 Å². The van der Waals surface area contributed by atoms with Crippen LogP contribution in [0, 0.1) is 0 Å². The Morgan fingerprint density at radius 1 is 1.00 bits per heavy atom. The average Bonchev–Trinajstić information content (AvgIpc) is 2.75. The second-order valence-corrected chi connectivity index (χ2v) is 10.9.